The van der Waals surface area contributed by atoms with E-state index in [2.05, 4.69) is 51.1 Å². The number of fused-ring (bicyclic) bond motifs is 1. The fraction of sp³-hybridized carbons (Fsp3) is 0.421. The summed E-state index contributed by atoms with van der Waals surface area (Å²) in [7, 11) is 0. The van der Waals surface area contributed by atoms with Crippen LogP contribution >= 0.6 is 0 Å². The molecule has 1 aromatic carbocycles. The molecule has 2 aromatic rings. The highest BCUT2D eigenvalue weighted by Crippen LogP contribution is 2.33. The SMILES string of the molecule is CCc1nc2cc(C)cc(C)c2cc1C1CC=CCC1. The summed E-state index contributed by atoms with van der Waals surface area (Å²) in [6.45, 7) is 6.58. The van der Waals surface area contributed by atoms with Crippen molar-refractivity contribution in [3.63, 3.8) is 0 Å². The Balaban J connectivity index is 2.18. The van der Waals surface area contributed by atoms with Crippen molar-refractivity contribution in [3.05, 3.63) is 52.7 Å². The monoisotopic (exact) mass is 265 g/mol. The van der Waals surface area contributed by atoms with E-state index in [9.17, 15) is 0 Å². The van der Waals surface area contributed by atoms with Crippen LogP contribution in [-0.4, -0.2) is 4.98 Å². The second kappa shape index (κ2) is 5.40. The van der Waals surface area contributed by atoms with Gasteiger partial charge in [0.2, 0.25) is 0 Å². The molecule has 0 bridgehead atoms. The number of hydrogen-bond donors (Lipinski definition) is 0. The molecule has 1 aromatic heterocycles. The van der Waals surface area contributed by atoms with Crippen molar-refractivity contribution in [2.75, 3.05) is 0 Å². The van der Waals surface area contributed by atoms with Gasteiger partial charge >= 0.3 is 0 Å². The summed E-state index contributed by atoms with van der Waals surface area (Å²) < 4.78 is 0. The van der Waals surface area contributed by atoms with E-state index >= 15 is 0 Å². The Bertz CT molecular complexity index is 667. The molecular formula is C19H23N. The Hall–Kier alpha value is -1.63. The summed E-state index contributed by atoms with van der Waals surface area (Å²) in [6, 6.07) is 6.89. The van der Waals surface area contributed by atoms with E-state index in [0.717, 1.165) is 11.9 Å². The fourth-order valence-electron chi connectivity index (χ4n) is 3.40. The number of aryl methyl sites for hydroxylation is 3. The molecule has 0 spiro atoms. The van der Waals surface area contributed by atoms with Gasteiger partial charge in [0.05, 0.1) is 5.52 Å². The van der Waals surface area contributed by atoms with Crippen LogP contribution in [0.5, 0.6) is 0 Å². The molecule has 1 heterocycles. The quantitative estimate of drug-likeness (QED) is 0.677. The van der Waals surface area contributed by atoms with Gasteiger partial charge in [0.25, 0.3) is 0 Å². The normalized spacial score (nSPS) is 18.6. The third kappa shape index (κ3) is 2.37. The lowest BCUT2D eigenvalue weighted by Crippen LogP contribution is -2.07. The summed E-state index contributed by atoms with van der Waals surface area (Å²) in [5.41, 5.74) is 6.59. The molecular weight excluding hydrogens is 242 g/mol. The molecule has 104 valence electrons. The zero-order valence-corrected chi connectivity index (χ0v) is 12.7. The van der Waals surface area contributed by atoms with Gasteiger partial charge in [-0.15, -0.1) is 0 Å². The van der Waals surface area contributed by atoms with Gasteiger partial charge in [0, 0.05) is 11.1 Å². The van der Waals surface area contributed by atoms with Crippen LogP contribution in [0.3, 0.4) is 0 Å². The molecule has 0 N–H and O–H groups in total. The van der Waals surface area contributed by atoms with E-state index in [1.54, 1.807) is 0 Å². The van der Waals surface area contributed by atoms with Crippen LogP contribution < -0.4 is 0 Å². The summed E-state index contributed by atoms with van der Waals surface area (Å²) in [5.74, 6) is 0.660. The Labute approximate surface area is 121 Å². The molecule has 0 saturated carbocycles. The highest BCUT2D eigenvalue weighted by molar-refractivity contribution is 5.84. The van der Waals surface area contributed by atoms with Gasteiger partial charge in [0.15, 0.2) is 0 Å². The van der Waals surface area contributed by atoms with E-state index in [0.29, 0.717) is 5.92 Å². The highest BCUT2D eigenvalue weighted by Gasteiger charge is 2.17. The van der Waals surface area contributed by atoms with Crippen LogP contribution in [0.1, 0.15) is 54.5 Å². The summed E-state index contributed by atoms with van der Waals surface area (Å²) in [5, 5.41) is 1.33. The largest absolute Gasteiger partial charge is 0.253 e. The number of hydrogen-bond acceptors (Lipinski definition) is 1. The molecule has 0 radical (unpaired) electrons. The molecule has 0 amide bonds. The van der Waals surface area contributed by atoms with Crippen LogP contribution in [0.4, 0.5) is 0 Å². The molecule has 3 rings (SSSR count). The molecule has 1 unspecified atom stereocenters. The lowest BCUT2D eigenvalue weighted by molar-refractivity contribution is 0.609. The van der Waals surface area contributed by atoms with Crippen LogP contribution in [0.25, 0.3) is 10.9 Å². The van der Waals surface area contributed by atoms with Crippen molar-refractivity contribution < 1.29 is 0 Å². The Kier molecular flexibility index (Phi) is 3.60. The Morgan fingerprint density at radius 3 is 2.70 bits per heavy atom. The zero-order valence-electron chi connectivity index (χ0n) is 12.7. The summed E-state index contributed by atoms with van der Waals surface area (Å²) in [4.78, 5) is 4.97. The first-order chi connectivity index (χ1) is 9.69. The van der Waals surface area contributed by atoms with Gasteiger partial charge in [-0.1, -0.05) is 25.1 Å². The van der Waals surface area contributed by atoms with Crippen LogP contribution in [0.2, 0.25) is 0 Å². The lowest BCUT2D eigenvalue weighted by atomic mass is 9.85. The maximum atomic E-state index is 4.97. The van der Waals surface area contributed by atoms with Gasteiger partial charge in [-0.3, -0.25) is 4.98 Å². The third-order valence-corrected chi connectivity index (χ3v) is 4.44. The summed E-state index contributed by atoms with van der Waals surface area (Å²) >= 11 is 0. The zero-order chi connectivity index (χ0) is 14.1. The van der Waals surface area contributed by atoms with Crippen LogP contribution in [0.15, 0.2) is 30.4 Å². The number of benzene rings is 1. The molecule has 1 atom stereocenters. The second-order valence-electron chi connectivity index (χ2n) is 6.01. The Morgan fingerprint density at radius 2 is 2.00 bits per heavy atom. The van der Waals surface area contributed by atoms with Crippen molar-refractivity contribution in [2.24, 2.45) is 0 Å². The van der Waals surface area contributed by atoms with Gasteiger partial charge in [-0.2, -0.15) is 0 Å². The predicted molar refractivity (Wildman–Crippen MR) is 86.3 cm³/mol. The molecule has 0 fully saturated rings. The van der Waals surface area contributed by atoms with Crippen molar-refractivity contribution in [2.45, 2.75) is 52.4 Å². The minimum absolute atomic E-state index is 0.660. The van der Waals surface area contributed by atoms with E-state index in [1.807, 2.05) is 0 Å². The number of pyridine rings is 1. The maximum Gasteiger partial charge on any atom is 0.0710 e. The number of allylic oxidation sites excluding steroid dienone is 2. The predicted octanol–water partition coefficient (Wildman–Crippen LogP) is 5.24. The maximum absolute atomic E-state index is 4.97. The van der Waals surface area contributed by atoms with Crippen LogP contribution in [0, 0.1) is 13.8 Å². The molecule has 1 heteroatoms. The lowest BCUT2D eigenvalue weighted by Gasteiger charge is -2.21. The van der Waals surface area contributed by atoms with Crippen molar-refractivity contribution >= 4 is 10.9 Å². The molecule has 1 nitrogen and oxygen atoms in total. The number of rotatable bonds is 2. The van der Waals surface area contributed by atoms with E-state index < -0.39 is 0 Å². The van der Waals surface area contributed by atoms with Crippen molar-refractivity contribution in [1.82, 2.24) is 4.98 Å². The topological polar surface area (TPSA) is 12.9 Å². The molecule has 0 saturated heterocycles. The standard InChI is InChI=1S/C19H23N/c1-4-18-17(15-8-6-5-7-9-15)12-16-14(3)10-13(2)11-19(16)20-18/h5-6,10-12,15H,4,7-9H2,1-3H3. The minimum atomic E-state index is 0.660. The summed E-state index contributed by atoms with van der Waals surface area (Å²) in [6.07, 6.45) is 9.31. The molecule has 20 heavy (non-hydrogen) atoms. The van der Waals surface area contributed by atoms with E-state index in [1.165, 1.54) is 47.0 Å². The number of nitrogens with zero attached hydrogens (tertiary/aromatic N) is 1. The van der Waals surface area contributed by atoms with Gasteiger partial charge in [-0.05, 0) is 74.3 Å². The van der Waals surface area contributed by atoms with Gasteiger partial charge in [-0.25, -0.2) is 0 Å². The fourth-order valence-corrected chi connectivity index (χ4v) is 3.40. The third-order valence-electron chi connectivity index (χ3n) is 4.44. The molecule has 0 aliphatic heterocycles. The van der Waals surface area contributed by atoms with E-state index in [4.69, 9.17) is 4.98 Å². The first kappa shape index (κ1) is 13.4. The minimum Gasteiger partial charge on any atom is -0.253 e. The first-order valence-electron chi connectivity index (χ1n) is 7.74. The van der Waals surface area contributed by atoms with Gasteiger partial charge in [0.1, 0.15) is 0 Å². The molecule has 1 aliphatic carbocycles. The van der Waals surface area contributed by atoms with Crippen molar-refractivity contribution in [1.29, 1.82) is 0 Å². The Morgan fingerprint density at radius 1 is 1.15 bits per heavy atom. The number of aromatic nitrogens is 1. The average Bonchev–Trinajstić information content (AvgIpc) is 2.46. The van der Waals surface area contributed by atoms with Crippen LogP contribution in [-0.2, 0) is 6.42 Å². The second-order valence-corrected chi connectivity index (χ2v) is 6.01. The smallest absolute Gasteiger partial charge is 0.0710 e. The molecule has 1 aliphatic rings. The van der Waals surface area contributed by atoms with Gasteiger partial charge < -0.3 is 0 Å². The average molecular weight is 265 g/mol. The van der Waals surface area contributed by atoms with E-state index in [-0.39, 0.29) is 0 Å². The first-order valence-corrected chi connectivity index (χ1v) is 7.74. The highest BCUT2D eigenvalue weighted by atomic mass is 14.7. The van der Waals surface area contributed by atoms with Crippen molar-refractivity contribution in [3.8, 4) is 0 Å².